The van der Waals surface area contributed by atoms with Crippen molar-refractivity contribution in [2.24, 2.45) is 10.4 Å². The lowest BCUT2D eigenvalue weighted by molar-refractivity contribution is 0.122. The number of hydrogen-bond acceptors (Lipinski definition) is 5. The summed E-state index contributed by atoms with van der Waals surface area (Å²) in [5.41, 5.74) is 1.54. The molecule has 1 spiro atoms. The van der Waals surface area contributed by atoms with E-state index in [9.17, 15) is 0 Å². The lowest BCUT2D eigenvalue weighted by atomic mass is 9.87. The number of pyridine rings is 1. The van der Waals surface area contributed by atoms with E-state index in [0.717, 1.165) is 70.9 Å². The fourth-order valence-electron chi connectivity index (χ4n) is 4.20. The number of aromatic nitrogens is 1. The van der Waals surface area contributed by atoms with Crippen LogP contribution >= 0.6 is 0 Å². The molecule has 1 unspecified atom stereocenters. The highest BCUT2D eigenvalue weighted by atomic mass is 16.5. The second kappa shape index (κ2) is 8.44. The average Bonchev–Trinajstić information content (AvgIpc) is 3.36. The maximum absolute atomic E-state index is 5.66. The van der Waals surface area contributed by atoms with Crippen LogP contribution in [0.4, 0.5) is 5.82 Å². The van der Waals surface area contributed by atoms with Gasteiger partial charge in [-0.2, -0.15) is 0 Å². The van der Waals surface area contributed by atoms with Gasteiger partial charge in [-0.1, -0.05) is 0 Å². The third kappa shape index (κ3) is 4.35. The molecule has 148 valence electrons. The van der Waals surface area contributed by atoms with E-state index in [4.69, 9.17) is 14.5 Å². The van der Waals surface area contributed by atoms with Crippen molar-refractivity contribution in [2.45, 2.75) is 26.3 Å². The predicted molar refractivity (Wildman–Crippen MR) is 106 cm³/mol. The van der Waals surface area contributed by atoms with Gasteiger partial charge in [0.1, 0.15) is 5.82 Å². The molecule has 7 nitrogen and oxygen atoms in total. The maximum atomic E-state index is 5.66. The Morgan fingerprint density at radius 1 is 1.22 bits per heavy atom. The molecule has 0 aromatic carbocycles. The summed E-state index contributed by atoms with van der Waals surface area (Å²) in [5.74, 6) is 2.05. The molecule has 27 heavy (non-hydrogen) atoms. The van der Waals surface area contributed by atoms with Gasteiger partial charge in [-0.25, -0.2) is 9.98 Å². The molecule has 4 heterocycles. The minimum atomic E-state index is 0.344. The van der Waals surface area contributed by atoms with Crippen molar-refractivity contribution < 1.29 is 9.47 Å². The summed E-state index contributed by atoms with van der Waals surface area (Å²) in [6.45, 7) is 10.9. The van der Waals surface area contributed by atoms with E-state index < -0.39 is 0 Å². The van der Waals surface area contributed by atoms with Crippen LogP contribution in [0.5, 0.6) is 0 Å². The van der Waals surface area contributed by atoms with Gasteiger partial charge in [0.15, 0.2) is 5.96 Å². The number of aliphatic imine (C=N–C) groups is 1. The number of morpholine rings is 1. The largest absolute Gasteiger partial charge is 0.381 e. The second-order valence-electron chi connectivity index (χ2n) is 7.77. The number of hydrogen-bond donors (Lipinski definition) is 1. The summed E-state index contributed by atoms with van der Waals surface area (Å²) in [6.07, 6.45) is 4.27. The fourth-order valence-corrected chi connectivity index (χ4v) is 4.20. The predicted octanol–water partition coefficient (Wildman–Crippen LogP) is 1.50. The van der Waals surface area contributed by atoms with Crippen molar-refractivity contribution in [1.29, 1.82) is 0 Å². The number of guanidine groups is 1. The molecule has 1 atom stereocenters. The molecule has 1 aromatic rings. The Labute approximate surface area is 161 Å². The Morgan fingerprint density at radius 3 is 2.89 bits per heavy atom. The van der Waals surface area contributed by atoms with E-state index in [0.29, 0.717) is 12.0 Å². The number of likely N-dealkylation sites (tertiary alicyclic amines) is 1. The van der Waals surface area contributed by atoms with Crippen LogP contribution < -0.4 is 10.2 Å². The van der Waals surface area contributed by atoms with E-state index >= 15 is 0 Å². The Kier molecular flexibility index (Phi) is 5.78. The van der Waals surface area contributed by atoms with Crippen LogP contribution in [0.15, 0.2) is 23.3 Å². The number of anilines is 1. The molecule has 0 aliphatic carbocycles. The fraction of sp³-hybridized carbons (Fsp3) is 0.700. The number of ether oxygens (including phenoxy) is 2. The zero-order chi connectivity index (χ0) is 18.5. The van der Waals surface area contributed by atoms with Crippen LogP contribution in [0.3, 0.4) is 0 Å². The molecule has 7 heteroatoms. The summed E-state index contributed by atoms with van der Waals surface area (Å²) < 4.78 is 11.1. The first kappa shape index (κ1) is 18.5. The van der Waals surface area contributed by atoms with E-state index in [1.807, 2.05) is 6.20 Å². The monoisotopic (exact) mass is 373 g/mol. The first-order chi connectivity index (χ1) is 13.3. The van der Waals surface area contributed by atoms with Gasteiger partial charge in [-0.05, 0) is 37.5 Å². The highest BCUT2D eigenvalue weighted by molar-refractivity contribution is 5.80. The normalized spacial score (nSPS) is 26.2. The highest BCUT2D eigenvalue weighted by Crippen LogP contribution is 2.38. The van der Waals surface area contributed by atoms with Crippen LogP contribution in [0.1, 0.15) is 25.3 Å². The lowest BCUT2D eigenvalue weighted by Gasteiger charge is -2.28. The van der Waals surface area contributed by atoms with Gasteiger partial charge in [-0.15, -0.1) is 0 Å². The lowest BCUT2D eigenvalue weighted by Crippen LogP contribution is -2.41. The van der Waals surface area contributed by atoms with E-state index in [1.165, 1.54) is 18.4 Å². The molecule has 3 aliphatic rings. The van der Waals surface area contributed by atoms with Gasteiger partial charge in [0.2, 0.25) is 0 Å². The number of nitrogens with zero attached hydrogens (tertiary/aromatic N) is 4. The molecule has 0 saturated carbocycles. The van der Waals surface area contributed by atoms with Gasteiger partial charge in [0.05, 0.1) is 26.4 Å². The van der Waals surface area contributed by atoms with Crippen molar-refractivity contribution in [1.82, 2.24) is 15.2 Å². The van der Waals surface area contributed by atoms with Crippen LogP contribution in [0.2, 0.25) is 0 Å². The molecule has 0 amide bonds. The topological polar surface area (TPSA) is 62.2 Å². The van der Waals surface area contributed by atoms with Gasteiger partial charge < -0.3 is 24.6 Å². The molecular formula is C20H31N5O2. The van der Waals surface area contributed by atoms with Crippen molar-refractivity contribution in [3.8, 4) is 0 Å². The van der Waals surface area contributed by atoms with Crippen LogP contribution in [-0.4, -0.2) is 75.0 Å². The second-order valence-corrected chi connectivity index (χ2v) is 7.77. The van der Waals surface area contributed by atoms with Gasteiger partial charge in [0.25, 0.3) is 0 Å². The smallest absolute Gasteiger partial charge is 0.194 e. The van der Waals surface area contributed by atoms with Crippen LogP contribution in [0.25, 0.3) is 0 Å². The quantitative estimate of drug-likeness (QED) is 0.637. The average molecular weight is 374 g/mol. The zero-order valence-electron chi connectivity index (χ0n) is 16.3. The van der Waals surface area contributed by atoms with E-state index in [-0.39, 0.29) is 0 Å². The Morgan fingerprint density at radius 2 is 2.11 bits per heavy atom. The Hall–Kier alpha value is -1.86. The zero-order valence-corrected chi connectivity index (χ0v) is 16.3. The van der Waals surface area contributed by atoms with Crippen LogP contribution in [-0.2, 0) is 16.0 Å². The summed E-state index contributed by atoms with van der Waals surface area (Å²) in [6, 6.07) is 4.22. The third-order valence-corrected chi connectivity index (χ3v) is 5.81. The van der Waals surface area contributed by atoms with Crippen molar-refractivity contribution in [2.75, 3.05) is 64.1 Å². The molecule has 3 saturated heterocycles. The van der Waals surface area contributed by atoms with Gasteiger partial charge >= 0.3 is 0 Å². The van der Waals surface area contributed by atoms with E-state index in [2.05, 4.69) is 39.2 Å². The Balaban J connectivity index is 1.43. The van der Waals surface area contributed by atoms with Gasteiger partial charge in [0, 0.05) is 50.9 Å². The Bertz CT molecular complexity index is 654. The van der Waals surface area contributed by atoms with E-state index in [1.54, 1.807) is 0 Å². The first-order valence-electron chi connectivity index (χ1n) is 10.2. The van der Waals surface area contributed by atoms with Crippen molar-refractivity contribution in [3.05, 3.63) is 23.9 Å². The molecule has 0 radical (unpaired) electrons. The summed E-state index contributed by atoms with van der Waals surface area (Å²) in [4.78, 5) is 14.1. The maximum Gasteiger partial charge on any atom is 0.194 e. The summed E-state index contributed by atoms with van der Waals surface area (Å²) >= 11 is 0. The SMILES string of the molecule is CCNC(=NCc1ccnc(N2CCOCC2)c1)N1CCC2(CCOC2)C1. The highest BCUT2D eigenvalue weighted by Gasteiger charge is 2.42. The molecule has 3 aliphatic heterocycles. The molecule has 3 fully saturated rings. The molecular weight excluding hydrogens is 342 g/mol. The van der Waals surface area contributed by atoms with Crippen LogP contribution in [0, 0.1) is 5.41 Å². The first-order valence-corrected chi connectivity index (χ1v) is 10.2. The molecule has 1 aromatic heterocycles. The van der Waals surface area contributed by atoms with Crippen molar-refractivity contribution >= 4 is 11.8 Å². The summed E-state index contributed by atoms with van der Waals surface area (Å²) in [5, 5.41) is 3.47. The third-order valence-electron chi connectivity index (χ3n) is 5.81. The molecule has 4 rings (SSSR count). The van der Waals surface area contributed by atoms with Gasteiger partial charge in [-0.3, -0.25) is 0 Å². The summed E-state index contributed by atoms with van der Waals surface area (Å²) in [7, 11) is 0. The minimum absolute atomic E-state index is 0.344. The standard InChI is InChI=1S/C20H31N5O2/c1-2-21-19(25-7-4-20(15-25)5-10-27-16-20)23-14-17-3-6-22-18(13-17)24-8-11-26-12-9-24/h3,6,13H,2,4-5,7-12,14-16H2,1H3,(H,21,23). The number of nitrogens with one attached hydrogen (secondary N) is 1. The molecule has 0 bridgehead atoms. The molecule has 1 N–H and O–H groups in total. The minimum Gasteiger partial charge on any atom is -0.381 e. The number of rotatable bonds is 4. The van der Waals surface area contributed by atoms with Crippen molar-refractivity contribution in [3.63, 3.8) is 0 Å².